The molecule has 0 unspecified atom stereocenters. The summed E-state index contributed by atoms with van der Waals surface area (Å²) in [6, 6.07) is 8.25. The average molecular weight is 344 g/mol. The minimum atomic E-state index is 0.775. The van der Waals surface area contributed by atoms with Crippen LogP contribution in [0.15, 0.2) is 45.4 Å². The monoisotopic (exact) mass is 344 g/mol. The zero-order valence-electron chi connectivity index (χ0n) is 12.9. The van der Waals surface area contributed by atoms with E-state index < -0.39 is 0 Å². The predicted molar refractivity (Wildman–Crippen MR) is 93.9 cm³/mol. The van der Waals surface area contributed by atoms with Gasteiger partial charge in [-0.05, 0) is 26.2 Å². The lowest BCUT2D eigenvalue weighted by Gasteiger charge is -2.20. The fourth-order valence-electron chi connectivity index (χ4n) is 2.33. The summed E-state index contributed by atoms with van der Waals surface area (Å²) in [5.74, 6) is 0.956. The van der Waals surface area contributed by atoms with Crippen molar-refractivity contribution in [1.29, 1.82) is 0 Å². The molecule has 1 aliphatic heterocycles. The molecule has 0 saturated carbocycles. The molecule has 2 aromatic heterocycles. The summed E-state index contributed by atoms with van der Waals surface area (Å²) in [6.07, 6.45) is 1.88. The van der Waals surface area contributed by atoms with E-state index in [0.717, 1.165) is 39.4 Å². The van der Waals surface area contributed by atoms with Crippen molar-refractivity contribution in [2.75, 3.05) is 31.7 Å². The first-order chi connectivity index (χ1) is 11.2. The van der Waals surface area contributed by atoms with Gasteiger partial charge in [-0.15, -0.1) is 10.2 Å². The second-order valence-corrected chi connectivity index (χ2v) is 7.62. The van der Waals surface area contributed by atoms with Crippen LogP contribution in [0, 0.1) is 0 Å². The van der Waals surface area contributed by atoms with Gasteiger partial charge in [0.2, 0.25) is 10.8 Å². The molecular weight excluding hydrogens is 328 g/mol. The smallest absolute Gasteiger partial charge is 0.212 e. The van der Waals surface area contributed by atoms with Crippen molar-refractivity contribution >= 4 is 40.5 Å². The first-order valence-corrected chi connectivity index (χ1v) is 9.08. The number of para-hydroxylation sites is 1. The molecule has 0 spiro atoms. The molecule has 3 aromatic rings. The summed E-state index contributed by atoms with van der Waals surface area (Å²) in [6.45, 7) is 0.992. The largest absolute Gasteiger partial charge is 0.350 e. The van der Waals surface area contributed by atoms with E-state index in [1.165, 1.54) is 4.90 Å². The minimum absolute atomic E-state index is 0.775. The highest BCUT2D eigenvalue weighted by molar-refractivity contribution is 7.99. The molecule has 0 aliphatic carbocycles. The van der Waals surface area contributed by atoms with Crippen molar-refractivity contribution in [3.63, 3.8) is 0 Å². The Labute approximate surface area is 142 Å². The second-order valence-electron chi connectivity index (χ2n) is 5.48. The van der Waals surface area contributed by atoms with Gasteiger partial charge in [0.05, 0.1) is 16.8 Å². The standard InChI is InChI=1S/C15H16N6S2/c1-20(2)7-8-22-15-19-18-14-13-12(9-16-21(14)15)23-11-6-4-3-5-10(11)17-13/h3-6,9,17H,7-8H2,1-2H3. The van der Waals surface area contributed by atoms with Crippen LogP contribution in [-0.4, -0.2) is 51.1 Å². The van der Waals surface area contributed by atoms with Crippen LogP contribution in [0.3, 0.4) is 0 Å². The number of benzene rings is 1. The Morgan fingerprint density at radius 1 is 1.22 bits per heavy atom. The number of thioether (sulfide) groups is 1. The molecule has 6 nitrogen and oxygen atoms in total. The van der Waals surface area contributed by atoms with Crippen LogP contribution in [0.25, 0.3) is 5.65 Å². The fraction of sp³-hybridized carbons (Fsp3) is 0.267. The molecule has 4 rings (SSSR count). The number of rotatable bonds is 4. The lowest BCUT2D eigenvalue weighted by atomic mass is 10.3. The molecule has 1 aromatic carbocycles. The Morgan fingerprint density at radius 2 is 2.09 bits per heavy atom. The van der Waals surface area contributed by atoms with Gasteiger partial charge in [-0.3, -0.25) is 0 Å². The van der Waals surface area contributed by atoms with Gasteiger partial charge in [0.25, 0.3) is 0 Å². The van der Waals surface area contributed by atoms with Crippen LogP contribution in [0.5, 0.6) is 0 Å². The quantitative estimate of drug-likeness (QED) is 0.571. The van der Waals surface area contributed by atoms with Gasteiger partial charge in [0.1, 0.15) is 5.69 Å². The maximum Gasteiger partial charge on any atom is 0.212 e. The van der Waals surface area contributed by atoms with Crippen molar-refractivity contribution in [2.45, 2.75) is 14.9 Å². The molecule has 1 N–H and O–H groups in total. The van der Waals surface area contributed by atoms with E-state index >= 15 is 0 Å². The summed E-state index contributed by atoms with van der Waals surface area (Å²) in [4.78, 5) is 4.43. The normalized spacial score (nSPS) is 13.0. The highest BCUT2D eigenvalue weighted by Gasteiger charge is 2.21. The molecule has 3 heterocycles. The Morgan fingerprint density at radius 3 is 2.96 bits per heavy atom. The first-order valence-electron chi connectivity index (χ1n) is 7.28. The number of anilines is 2. The third-order valence-electron chi connectivity index (χ3n) is 3.51. The van der Waals surface area contributed by atoms with Gasteiger partial charge >= 0.3 is 0 Å². The summed E-state index contributed by atoms with van der Waals surface area (Å²) in [7, 11) is 4.13. The fourth-order valence-corrected chi connectivity index (χ4v) is 4.28. The average Bonchev–Trinajstić information content (AvgIpc) is 2.96. The van der Waals surface area contributed by atoms with E-state index in [1.54, 1.807) is 23.5 Å². The molecule has 0 atom stereocenters. The van der Waals surface area contributed by atoms with Gasteiger partial charge in [0, 0.05) is 17.2 Å². The Kier molecular flexibility index (Phi) is 3.88. The van der Waals surface area contributed by atoms with Gasteiger partial charge in [0.15, 0.2) is 0 Å². The van der Waals surface area contributed by atoms with Crippen molar-refractivity contribution in [1.82, 2.24) is 24.7 Å². The van der Waals surface area contributed by atoms with Gasteiger partial charge in [-0.25, -0.2) is 0 Å². The molecule has 0 saturated heterocycles. The second kappa shape index (κ2) is 6.03. The number of hydrogen-bond donors (Lipinski definition) is 1. The van der Waals surface area contributed by atoms with E-state index in [1.807, 2.05) is 22.8 Å². The maximum absolute atomic E-state index is 4.52. The molecule has 23 heavy (non-hydrogen) atoms. The number of aromatic nitrogens is 4. The van der Waals surface area contributed by atoms with Gasteiger partial charge in [-0.1, -0.05) is 35.7 Å². The molecule has 8 heteroatoms. The minimum Gasteiger partial charge on any atom is -0.350 e. The van der Waals surface area contributed by atoms with Crippen LogP contribution in [0.2, 0.25) is 0 Å². The zero-order chi connectivity index (χ0) is 15.8. The lowest BCUT2D eigenvalue weighted by Crippen LogP contribution is -2.15. The van der Waals surface area contributed by atoms with E-state index in [4.69, 9.17) is 0 Å². The summed E-state index contributed by atoms with van der Waals surface area (Å²) < 4.78 is 1.82. The number of fused-ring (bicyclic) bond motifs is 4. The third kappa shape index (κ3) is 2.77. The summed E-state index contributed by atoms with van der Waals surface area (Å²) in [5, 5.41) is 17.5. The van der Waals surface area contributed by atoms with E-state index in [9.17, 15) is 0 Å². The van der Waals surface area contributed by atoms with E-state index in [2.05, 4.69) is 51.7 Å². The van der Waals surface area contributed by atoms with Gasteiger partial charge in [-0.2, -0.15) is 9.61 Å². The van der Waals surface area contributed by atoms with Gasteiger partial charge < -0.3 is 10.2 Å². The summed E-state index contributed by atoms with van der Waals surface area (Å²) in [5.41, 5.74) is 2.86. The van der Waals surface area contributed by atoms with Crippen LogP contribution < -0.4 is 5.32 Å². The molecular formula is C15H16N6S2. The highest BCUT2D eigenvalue weighted by Crippen LogP contribution is 2.44. The summed E-state index contributed by atoms with van der Waals surface area (Å²) >= 11 is 3.38. The Balaban J connectivity index is 1.67. The maximum atomic E-state index is 4.52. The van der Waals surface area contributed by atoms with Crippen molar-refractivity contribution in [2.24, 2.45) is 0 Å². The highest BCUT2D eigenvalue weighted by atomic mass is 32.2. The molecule has 0 radical (unpaired) electrons. The molecule has 0 amide bonds. The molecule has 1 aliphatic rings. The van der Waals surface area contributed by atoms with E-state index in [-0.39, 0.29) is 0 Å². The van der Waals surface area contributed by atoms with Crippen LogP contribution in [-0.2, 0) is 0 Å². The van der Waals surface area contributed by atoms with Crippen molar-refractivity contribution in [3.05, 3.63) is 30.5 Å². The van der Waals surface area contributed by atoms with Crippen LogP contribution in [0.1, 0.15) is 0 Å². The van der Waals surface area contributed by atoms with Crippen LogP contribution in [0.4, 0.5) is 11.4 Å². The van der Waals surface area contributed by atoms with Crippen LogP contribution >= 0.6 is 23.5 Å². The molecule has 0 fully saturated rings. The lowest BCUT2D eigenvalue weighted by molar-refractivity contribution is 0.437. The number of nitrogens with one attached hydrogen (secondary N) is 1. The zero-order valence-corrected chi connectivity index (χ0v) is 14.5. The predicted octanol–water partition coefficient (Wildman–Crippen LogP) is 2.99. The SMILES string of the molecule is CN(C)CCSc1nnc2c3c(cnn12)Sc1ccccc1N3. The molecule has 0 bridgehead atoms. The topological polar surface area (TPSA) is 58.4 Å². The Hall–Kier alpha value is -1.77. The first kappa shape index (κ1) is 14.8. The Bertz CT molecular complexity index is 860. The third-order valence-corrected chi connectivity index (χ3v) is 5.51. The molecule has 118 valence electrons. The van der Waals surface area contributed by atoms with E-state index in [0.29, 0.717) is 0 Å². The van der Waals surface area contributed by atoms with Crippen molar-refractivity contribution in [3.8, 4) is 0 Å². The number of hydrogen-bond acceptors (Lipinski definition) is 7. The van der Waals surface area contributed by atoms with Crippen molar-refractivity contribution < 1.29 is 0 Å². The number of nitrogens with zero attached hydrogens (tertiary/aromatic N) is 5.